The smallest absolute Gasteiger partial charge is 0.390 e. The first-order valence-corrected chi connectivity index (χ1v) is 3.83. The highest BCUT2D eigenvalue weighted by Crippen LogP contribution is 2.30. The Bertz CT molecular complexity index is 304. The SMILES string of the molecule is O=[N+]([O-])c1ncn(C2CCC2)n1. The predicted molar refractivity (Wildman–Crippen MR) is 39.6 cm³/mol. The maximum atomic E-state index is 10.2. The maximum Gasteiger partial charge on any atom is 0.490 e. The highest BCUT2D eigenvalue weighted by molar-refractivity contribution is 4.98. The summed E-state index contributed by atoms with van der Waals surface area (Å²) in [5.41, 5.74) is 0. The van der Waals surface area contributed by atoms with Gasteiger partial charge >= 0.3 is 5.95 Å². The quantitative estimate of drug-likeness (QED) is 0.486. The fourth-order valence-electron chi connectivity index (χ4n) is 1.18. The molecular weight excluding hydrogens is 160 g/mol. The third-order valence-corrected chi connectivity index (χ3v) is 2.11. The van der Waals surface area contributed by atoms with Gasteiger partial charge < -0.3 is 10.1 Å². The number of rotatable bonds is 2. The molecule has 0 aliphatic heterocycles. The number of nitrogens with zero attached hydrogens (tertiary/aromatic N) is 4. The van der Waals surface area contributed by atoms with Crippen LogP contribution in [0.25, 0.3) is 0 Å². The van der Waals surface area contributed by atoms with Crippen molar-refractivity contribution in [2.24, 2.45) is 0 Å². The molecule has 0 N–H and O–H groups in total. The highest BCUT2D eigenvalue weighted by atomic mass is 16.6. The summed E-state index contributed by atoms with van der Waals surface area (Å²) in [4.78, 5) is 13.2. The van der Waals surface area contributed by atoms with Crippen molar-refractivity contribution in [3.05, 3.63) is 16.4 Å². The highest BCUT2D eigenvalue weighted by Gasteiger charge is 2.25. The summed E-state index contributed by atoms with van der Waals surface area (Å²) in [6.45, 7) is 0. The van der Waals surface area contributed by atoms with Gasteiger partial charge in [0.1, 0.15) is 0 Å². The lowest BCUT2D eigenvalue weighted by atomic mass is 9.94. The van der Waals surface area contributed by atoms with Gasteiger partial charge in [-0.1, -0.05) is 4.98 Å². The Labute approximate surface area is 68.4 Å². The van der Waals surface area contributed by atoms with Crippen LogP contribution in [0.5, 0.6) is 0 Å². The summed E-state index contributed by atoms with van der Waals surface area (Å²) in [6, 6.07) is 0.339. The van der Waals surface area contributed by atoms with Crippen LogP contribution in [-0.2, 0) is 0 Å². The Hall–Kier alpha value is -1.46. The van der Waals surface area contributed by atoms with Crippen molar-refractivity contribution in [2.45, 2.75) is 25.3 Å². The van der Waals surface area contributed by atoms with Crippen LogP contribution in [0.4, 0.5) is 5.95 Å². The summed E-state index contributed by atoms with van der Waals surface area (Å²) in [7, 11) is 0. The third-order valence-electron chi connectivity index (χ3n) is 2.11. The fraction of sp³-hybridized carbons (Fsp3) is 0.667. The second-order valence-electron chi connectivity index (χ2n) is 2.87. The molecule has 1 heterocycles. The zero-order chi connectivity index (χ0) is 8.55. The number of hydrogen-bond acceptors (Lipinski definition) is 4. The minimum Gasteiger partial charge on any atom is -0.390 e. The van der Waals surface area contributed by atoms with Crippen molar-refractivity contribution in [1.29, 1.82) is 0 Å². The number of hydrogen-bond donors (Lipinski definition) is 0. The summed E-state index contributed by atoms with van der Waals surface area (Å²) >= 11 is 0. The molecule has 0 atom stereocenters. The van der Waals surface area contributed by atoms with Gasteiger partial charge in [-0.15, -0.1) is 0 Å². The molecule has 0 spiro atoms. The second-order valence-corrected chi connectivity index (χ2v) is 2.87. The van der Waals surface area contributed by atoms with Crippen molar-refractivity contribution < 1.29 is 4.92 Å². The van der Waals surface area contributed by atoms with E-state index in [-0.39, 0.29) is 5.95 Å². The molecule has 0 amide bonds. The Morgan fingerprint density at radius 1 is 1.67 bits per heavy atom. The average molecular weight is 168 g/mol. The van der Waals surface area contributed by atoms with E-state index in [9.17, 15) is 10.1 Å². The molecule has 0 saturated heterocycles. The molecular formula is C6H8N4O2. The molecule has 1 aromatic heterocycles. The van der Waals surface area contributed by atoms with E-state index in [2.05, 4.69) is 10.1 Å². The average Bonchev–Trinajstić information content (AvgIpc) is 2.32. The van der Waals surface area contributed by atoms with E-state index < -0.39 is 4.92 Å². The van der Waals surface area contributed by atoms with Gasteiger partial charge in [0.05, 0.1) is 6.04 Å². The van der Waals surface area contributed by atoms with Crippen LogP contribution in [0.1, 0.15) is 25.3 Å². The topological polar surface area (TPSA) is 73.8 Å². The summed E-state index contributed by atoms with van der Waals surface area (Å²) in [6.07, 6.45) is 4.72. The van der Waals surface area contributed by atoms with Crippen molar-refractivity contribution in [3.8, 4) is 0 Å². The van der Waals surface area contributed by atoms with E-state index in [0.29, 0.717) is 6.04 Å². The van der Waals surface area contributed by atoms with Crippen LogP contribution >= 0.6 is 0 Å². The zero-order valence-corrected chi connectivity index (χ0v) is 6.38. The first-order chi connectivity index (χ1) is 5.77. The number of aromatic nitrogens is 3. The van der Waals surface area contributed by atoms with Gasteiger partial charge in [0, 0.05) is 5.10 Å². The fourth-order valence-corrected chi connectivity index (χ4v) is 1.18. The molecule has 0 bridgehead atoms. The van der Waals surface area contributed by atoms with Gasteiger partial charge in [-0.2, -0.15) is 4.68 Å². The van der Waals surface area contributed by atoms with Crippen molar-refractivity contribution in [3.63, 3.8) is 0 Å². The molecule has 12 heavy (non-hydrogen) atoms. The Kier molecular flexibility index (Phi) is 1.53. The third kappa shape index (κ3) is 1.05. The van der Waals surface area contributed by atoms with Crippen LogP contribution in [0.3, 0.4) is 0 Å². The zero-order valence-electron chi connectivity index (χ0n) is 6.38. The van der Waals surface area contributed by atoms with Crippen LogP contribution < -0.4 is 0 Å². The normalized spacial score (nSPS) is 17.3. The molecule has 1 aliphatic carbocycles. The van der Waals surface area contributed by atoms with Crippen molar-refractivity contribution in [2.75, 3.05) is 0 Å². The molecule has 1 aromatic rings. The molecule has 64 valence electrons. The molecule has 1 fully saturated rings. The first kappa shape index (κ1) is 7.20. The Balaban J connectivity index is 2.17. The van der Waals surface area contributed by atoms with Gasteiger partial charge in [0.2, 0.25) is 6.33 Å². The second kappa shape index (κ2) is 2.54. The maximum absolute atomic E-state index is 10.2. The first-order valence-electron chi connectivity index (χ1n) is 3.83. The van der Waals surface area contributed by atoms with Crippen molar-refractivity contribution >= 4 is 5.95 Å². The van der Waals surface area contributed by atoms with E-state index in [1.807, 2.05) is 0 Å². The minimum atomic E-state index is -0.574. The Morgan fingerprint density at radius 2 is 2.42 bits per heavy atom. The standard InChI is InChI=1S/C6H8N4O2/c11-10(12)6-7-4-9(8-6)5-2-1-3-5/h4-5H,1-3H2. The van der Waals surface area contributed by atoms with Crippen LogP contribution in [0.15, 0.2) is 6.33 Å². The van der Waals surface area contributed by atoms with E-state index >= 15 is 0 Å². The van der Waals surface area contributed by atoms with Gasteiger partial charge in [-0.3, -0.25) is 0 Å². The van der Waals surface area contributed by atoms with Crippen molar-refractivity contribution in [1.82, 2.24) is 14.8 Å². The van der Waals surface area contributed by atoms with E-state index in [0.717, 1.165) is 12.8 Å². The Morgan fingerprint density at radius 3 is 2.83 bits per heavy atom. The largest absolute Gasteiger partial charge is 0.490 e. The molecule has 6 nitrogen and oxygen atoms in total. The molecule has 0 unspecified atom stereocenters. The lowest BCUT2D eigenvalue weighted by Crippen LogP contribution is -2.17. The summed E-state index contributed by atoms with van der Waals surface area (Å²) < 4.78 is 1.58. The van der Waals surface area contributed by atoms with Gasteiger partial charge in [0.25, 0.3) is 0 Å². The summed E-state index contributed by atoms with van der Waals surface area (Å²) in [5, 5.41) is 13.9. The van der Waals surface area contributed by atoms with E-state index in [4.69, 9.17) is 0 Å². The lowest BCUT2D eigenvalue weighted by Gasteiger charge is -2.22. The number of nitro groups is 1. The molecule has 0 aromatic carbocycles. The monoisotopic (exact) mass is 168 g/mol. The molecule has 1 saturated carbocycles. The molecule has 1 aliphatic rings. The molecule has 0 radical (unpaired) electrons. The molecule has 2 rings (SSSR count). The minimum absolute atomic E-state index is 0.304. The van der Waals surface area contributed by atoms with Gasteiger partial charge in [-0.05, 0) is 24.2 Å². The van der Waals surface area contributed by atoms with E-state index in [1.165, 1.54) is 12.7 Å². The van der Waals surface area contributed by atoms with Crippen LogP contribution in [-0.4, -0.2) is 19.7 Å². The molecule has 6 heteroatoms. The van der Waals surface area contributed by atoms with Gasteiger partial charge in [0.15, 0.2) is 0 Å². The van der Waals surface area contributed by atoms with Gasteiger partial charge in [-0.25, -0.2) is 0 Å². The predicted octanol–water partition coefficient (Wildman–Crippen LogP) is 0.911. The lowest BCUT2D eigenvalue weighted by molar-refractivity contribution is -0.394. The van der Waals surface area contributed by atoms with E-state index in [1.54, 1.807) is 4.68 Å². The van der Waals surface area contributed by atoms with Crippen LogP contribution in [0, 0.1) is 10.1 Å². The summed E-state index contributed by atoms with van der Waals surface area (Å²) in [5.74, 6) is -0.304. The van der Waals surface area contributed by atoms with Crippen LogP contribution in [0.2, 0.25) is 0 Å².